The minimum Gasteiger partial charge on any atom is -0.493 e. The maximum Gasteiger partial charge on any atom is 0.271 e. The molecule has 2 heterocycles. The predicted molar refractivity (Wildman–Crippen MR) is 134 cm³/mol. The van der Waals surface area contributed by atoms with Gasteiger partial charge in [0.05, 0.1) is 25.9 Å². The highest BCUT2D eigenvalue weighted by Crippen LogP contribution is 2.54. The average Bonchev–Trinajstić information content (AvgIpc) is 3.32. The number of hydrogen-bond acceptors (Lipinski definition) is 7. The van der Waals surface area contributed by atoms with E-state index in [0.717, 1.165) is 35.2 Å². The Morgan fingerprint density at radius 1 is 1.14 bits per heavy atom. The zero-order valence-corrected chi connectivity index (χ0v) is 21.0. The van der Waals surface area contributed by atoms with Gasteiger partial charge in [0.2, 0.25) is 16.7 Å². The van der Waals surface area contributed by atoms with Gasteiger partial charge in [-0.05, 0) is 41.9 Å². The monoisotopic (exact) mass is 496 g/mol. The molecule has 9 nitrogen and oxygen atoms in total. The Hall–Kier alpha value is -3.53. The number of nitrogens with zero attached hydrogens (tertiary/aromatic N) is 3. The molecule has 2 aromatic rings. The highest BCUT2D eigenvalue weighted by molar-refractivity contribution is 8.15. The van der Waals surface area contributed by atoms with Gasteiger partial charge in [0.25, 0.3) is 5.91 Å². The molecule has 2 aliphatic rings. The molecule has 1 spiro atoms. The predicted octanol–water partition coefficient (Wildman–Crippen LogP) is 3.58. The van der Waals surface area contributed by atoms with Gasteiger partial charge < -0.3 is 19.7 Å². The van der Waals surface area contributed by atoms with Crippen molar-refractivity contribution in [1.82, 2.24) is 10.3 Å². The number of unbranched alkanes of at least 4 members (excludes halogenated alkanes) is 1. The number of rotatable bonds is 7. The van der Waals surface area contributed by atoms with Crippen LogP contribution in [0.3, 0.4) is 0 Å². The molecule has 0 bridgehead atoms. The maximum absolute atomic E-state index is 14.0. The van der Waals surface area contributed by atoms with Crippen molar-refractivity contribution < 1.29 is 23.9 Å². The number of fused-ring (bicyclic) bond motifs is 2. The fourth-order valence-corrected chi connectivity index (χ4v) is 5.49. The second-order valence-corrected chi connectivity index (χ2v) is 9.44. The highest BCUT2D eigenvalue weighted by Gasteiger charge is 2.61. The van der Waals surface area contributed by atoms with Crippen LogP contribution in [0.2, 0.25) is 0 Å². The van der Waals surface area contributed by atoms with Gasteiger partial charge in [0.1, 0.15) is 0 Å². The molecule has 10 heteroatoms. The summed E-state index contributed by atoms with van der Waals surface area (Å²) in [6.07, 6.45) is 1.97. The lowest BCUT2D eigenvalue weighted by Crippen LogP contribution is -2.48. The molecule has 1 atom stereocenters. The second-order valence-electron chi connectivity index (χ2n) is 8.26. The van der Waals surface area contributed by atoms with Crippen LogP contribution in [-0.2, 0) is 25.8 Å². The number of methoxy groups -OCH3 is 1. The molecule has 184 valence electrons. The van der Waals surface area contributed by atoms with E-state index in [2.05, 4.69) is 17.3 Å². The molecule has 0 unspecified atom stereocenters. The minimum atomic E-state index is -1.42. The third kappa shape index (κ3) is 4.45. The van der Waals surface area contributed by atoms with E-state index in [1.165, 1.54) is 13.8 Å². The molecular formula is C25H28N4O5S. The fourth-order valence-electron chi connectivity index (χ4n) is 4.16. The normalized spacial score (nSPS) is 18.5. The summed E-state index contributed by atoms with van der Waals surface area (Å²) < 4.78 is 11.4. The van der Waals surface area contributed by atoms with Crippen LogP contribution >= 0.6 is 11.8 Å². The van der Waals surface area contributed by atoms with Gasteiger partial charge in [-0.2, -0.15) is 5.01 Å². The van der Waals surface area contributed by atoms with Crippen LogP contribution in [0, 0.1) is 0 Å². The Balaban J connectivity index is 1.68. The number of thioether (sulfide) groups is 1. The van der Waals surface area contributed by atoms with E-state index in [4.69, 9.17) is 9.47 Å². The quantitative estimate of drug-likeness (QED) is 0.588. The van der Waals surface area contributed by atoms with Gasteiger partial charge in [0, 0.05) is 19.4 Å². The number of hydrazone groups is 1. The number of anilines is 1. The second kappa shape index (κ2) is 9.99. The van der Waals surface area contributed by atoms with E-state index in [9.17, 15) is 14.4 Å². The number of ether oxygens (including phenoxy) is 2. The molecule has 0 radical (unpaired) electrons. The number of amides is 3. The summed E-state index contributed by atoms with van der Waals surface area (Å²) in [4.78, 5) is 38.5. The van der Waals surface area contributed by atoms with Crippen LogP contribution in [0.1, 0.15) is 44.7 Å². The van der Waals surface area contributed by atoms with Gasteiger partial charge in [0.15, 0.2) is 16.7 Å². The van der Waals surface area contributed by atoms with Crippen molar-refractivity contribution in [3.05, 3.63) is 53.6 Å². The zero-order chi connectivity index (χ0) is 25.2. The Labute approximate surface area is 208 Å². The van der Waals surface area contributed by atoms with E-state index in [1.54, 1.807) is 12.0 Å². The van der Waals surface area contributed by atoms with Crippen molar-refractivity contribution >= 4 is 40.3 Å². The number of hydrogen-bond donors (Lipinski definition) is 1. The van der Waals surface area contributed by atoms with Gasteiger partial charge in [-0.25, -0.2) is 0 Å². The van der Waals surface area contributed by atoms with Crippen molar-refractivity contribution in [3.8, 4) is 11.5 Å². The lowest BCUT2D eigenvalue weighted by atomic mass is 10.1. The van der Waals surface area contributed by atoms with E-state index >= 15 is 0 Å². The summed E-state index contributed by atoms with van der Waals surface area (Å²) in [5.41, 5.74) is 2.16. The summed E-state index contributed by atoms with van der Waals surface area (Å²) in [6.45, 7) is 5.66. The SMILES string of the molecule is CCCCOc1ccc(CN2C(=O)[C@@]3(SC(NC(C)=O)=NN3C(C)=O)c3ccccc32)cc1OC. The first-order valence-corrected chi connectivity index (χ1v) is 12.2. The zero-order valence-electron chi connectivity index (χ0n) is 20.2. The molecule has 4 rings (SSSR count). The molecule has 0 saturated heterocycles. The van der Waals surface area contributed by atoms with E-state index in [-0.39, 0.29) is 23.5 Å². The van der Waals surface area contributed by atoms with Gasteiger partial charge in [-0.15, -0.1) is 5.10 Å². The van der Waals surface area contributed by atoms with Gasteiger partial charge in [-0.1, -0.05) is 37.6 Å². The number of benzene rings is 2. The van der Waals surface area contributed by atoms with Crippen LogP contribution in [-0.4, -0.2) is 41.6 Å². The topological polar surface area (TPSA) is 101 Å². The summed E-state index contributed by atoms with van der Waals surface area (Å²) in [5, 5.41) is 8.25. The third-order valence-corrected chi connectivity index (χ3v) is 6.97. The number of para-hydroxylation sites is 1. The number of amidine groups is 1. The van der Waals surface area contributed by atoms with E-state index in [1.807, 2.05) is 42.5 Å². The van der Waals surface area contributed by atoms with Crippen LogP contribution in [0.25, 0.3) is 0 Å². The molecule has 3 amide bonds. The summed E-state index contributed by atoms with van der Waals surface area (Å²) in [7, 11) is 1.58. The van der Waals surface area contributed by atoms with E-state index in [0.29, 0.717) is 29.4 Å². The van der Waals surface area contributed by atoms with Gasteiger partial charge >= 0.3 is 0 Å². The van der Waals surface area contributed by atoms with Crippen molar-refractivity contribution in [1.29, 1.82) is 0 Å². The Kier molecular flexibility index (Phi) is 7.02. The standard InChI is InChI=1S/C25H28N4O5S/c1-5-6-13-34-21-12-11-18(14-22(21)33-4)15-28-20-10-8-7-9-19(20)25(23(28)32)29(17(3)31)27-24(35-25)26-16(2)30/h7-12,14H,5-6,13,15H2,1-4H3,(H,26,27,30)/t25-/m0/s1. The first-order valence-electron chi connectivity index (χ1n) is 11.4. The van der Waals surface area contributed by atoms with Crippen LogP contribution in [0.4, 0.5) is 5.69 Å². The maximum atomic E-state index is 14.0. The molecule has 2 aromatic carbocycles. The molecule has 0 aromatic heterocycles. The Morgan fingerprint density at radius 2 is 1.91 bits per heavy atom. The largest absolute Gasteiger partial charge is 0.493 e. The highest BCUT2D eigenvalue weighted by atomic mass is 32.2. The van der Waals surface area contributed by atoms with Crippen molar-refractivity contribution in [2.45, 2.75) is 45.0 Å². The minimum absolute atomic E-state index is 0.202. The molecule has 35 heavy (non-hydrogen) atoms. The lowest BCUT2D eigenvalue weighted by Gasteiger charge is -2.29. The van der Waals surface area contributed by atoms with Crippen molar-refractivity contribution in [3.63, 3.8) is 0 Å². The Bertz CT molecular complexity index is 1200. The van der Waals surface area contributed by atoms with E-state index < -0.39 is 10.8 Å². The van der Waals surface area contributed by atoms with Crippen molar-refractivity contribution in [2.24, 2.45) is 5.10 Å². The first kappa shape index (κ1) is 24.6. The number of nitrogens with one attached hydrogen (secondary N) is 1. The smallest absolute Gasteiger partial charge is 0.271 e. The first-order chi connectivity index (χ1) is 16.8. The average molecular weight is 497 g/mol. The van der Waals surface area contributed by atoms with Crippen LogP contribution < -0.4 is 19.7 Å². The molecule has 2 aliphatic heterocycles. The third-order valence-electron chi connectivity index (χ3n) is 5.73. The number of carbonyl (C=O) groups is 3. The molecule has 0 fully saturated rings. The molecule has 0 aliphatic carbocycles. The summed E-state index contributed by atoms with van der Waals surface area (Å²) in [5.74, 6) is 0.186. The fraction of sp³-hybridized carbons (Fsp3) is 0.360. The Morgan fingerprint density at radius 3 is 2.60 bits per heavy atom. The molecule has 1 N–H and O–H groups in total. The van der Waals surface area contributed by atoms with Crippen LogP contribution in [0.5, 0.6) is 11.5 Å². The van der Waals surface area contributed by atoms with Crippen molar-refractivity contribution in [2.75, 3.05) is 18.6 Å². The molecular weight excluding hydrogens is 468 g/mol. The summed E-state index contributed by atoms with van der Waals surface area (Å²) >= 11 is 1.06. The lowest BCUT2D eigenvalue weighted by molar-refractivity contribution is -0.139. The summed E-state index contributed by atoms with van der Waals surface area (Å²) in [6, 6.07) is 12.9. The molecule has 0 saturated carbocycles. The van der Waals surface area contributed by atoms with Crippen LogP contribution in [0.15, 0.2) is 47.6 Å². The van der Waals surface area contributed by atoms with Gasteiger partial charge in [-0.3, -0.25) is 14.4 Å². The number of carbonyl (C=O) groups excluding carboxylic acids is 3.